The van der Waals surface area contributed by atoms with E-state index in [2.05, 4.69) is 10.6 Å². The van der Waals surface area contributed by atoms with Crippen molar-refractivity contribution in [2.24, 2.45) is 5.92 Å². The van der Waals surface area contributed by atoms with Crippen molar-refractivity contribution in [3.8, 4) is 0 Å². The summed E-state index contributed by atoms with van der Waals surface area (Å²) in [6.45, 7) is 0.749. The highest BCUT2D eigenvalue weighted by atomic mass is 35.5. The lowest BCUT2D eigenvalue weighted by Crippen LogP contribution is -2.26. The number of hydrogen-bond donors (Lipinski definition) is 2. The number of halogens is 1. The van der Waals surface area contributed by atoms with Gasteiger partial charge in [-0.1, -0.05) is 37.3 Å². The van der Waals surface area contributed by atoms with Gasteiger partial charge in [0.1, 0.15) is 0 Å². The van der Waals surface area contributed by atoms with Gasteiger partial charge in [0.2, 0.25) is 0 Å². The maximum Gasteiger partial charge on any atom is 0.253 e. The molecule has 19 heavy (non-hydrogen) atoms. The van der Waals surface area contributed by atoms with Crippen LogP contribution in [0.5, 0.6) is 0 Å². The zero-order valence-corrected chi connectivity index (χ0v) is 12.1. The van der Waals surface area contributed by atoms with Gasteiger partial charge in [0.25, 0.3) is 5.91 Å². The maximum atomic E-state index is 12.1. The van der Waals surface area contributed by atoms with Gasteiger partial charge in [0.05, 0.1) is 5.56 Å². The Morgan fingerprint density at radius 3 is 2.79 bits per heavy atom. The molecule has 0 saturated heterocycles. The Balaban J connectivity index is 1.89. The normalized spacial score (nSPS) is 15.5. The van der Waals surface area contributed by atoms with Gasteiger partial charge in [0, 0.05) is 24.3 Å². The smallest absolute Gasteiger partial charge is 0.253 e. The molecule has 0 bridgehead atoms. The standard InChI is InChI=1S/C15H21ClN2O/c1-17-14-7-6-12(16)10-13(14)15(19)18-9-8-11-4-2-3-5-11/h6-7,10-11,17H,2-5,8-9H2,1H3,(H,18,19). The lowest BCUT2D eigenvalue weighted by atomic mass is 10.0. The second-order valence-electron chi connectivity index (χ2n) is 5.13. The summed E-state index contributed by atoms with van der Waals surface area (Å²) in [7, 11) is 1.80. The largest absolute Gasteiger partial charge is 0.387 e. The van der Waals surface area contributed by atoms with Crippen molar-refractivity contribution in [3.63, 3.8) is 0 Å². The van der Waals surface area contributed by atoms with Crippen molar-refractivity contribution in [1.82, 2.24) is 5.32 Å². The molecule has 1 aromatic carbocycles. The predicted octanol–water partition coefficient (Wildman–Crippen LogP) is 3.69. The first kappa shape index (κ1) is 14.2. The number of rotatable bonds is 5. The van der Waals surface area contributed by atoms with E-state index in [4.69, 9.17) is 11.6 Å². The van der Waals surface area contributed by atoms with E-state index < -0.39 is 0 Å². The van der Waals surface area contributed by atoms with Gasteiger partial charge < -0.3 is 10.6 Å². The summed E-state index contributed by atoms with van der Waals surface area (Å²) in [4.78, 5) is 12.1. The molecule has 2 rings (SSSR count). The van der Waals surface area contributed by atoms with Crippen LogP contribution in [0.2, 0.25) is 5.02 Å². The van der Waals surface area contributed by atoms with Crippen molar-refractivity contribution in [2.75, 3.05) is 18.9 Å². The molecule has 104 valence electrons. The second-order valence-corrected chi connectivity index (χ2v) is 5.57. The number of nitrogens with one attached hydrogen (secondary N) is 2. The van der Waals surface area contributed by atoms with Crippen molar-refractivity contribution in [1.29, 1.82) is 0 Å². The molecular formula is C15H21ClN2O. The molecular weight excluding hydrogens is 260 g/mol. The van der Waals surface area contributed by atoms with Gasteiger partial charge in [-0.3, -0.25) is 4.79 Å². The Labute approximate surface area is 119 Å². The fraction of sp³-hybridized carbons (Fsp3) is 0.533. The van der Waals surface area contributed by atoms with Crippen LogP contribution in [0, 0.1) is 5.92 Å². The van der Waals surface area contributed by atoms with Crippen LogP contribution < -0.4 is 10.6 Å². The molecule has 0 spiro atoms. The highest BCUT2D eigenvalue weighted by molar-refractivity contribution is 6.31. The van der Waals surface area contributed by atoms with E-state index in [0.29, 0.717) is 10.6 Å². The molecule has 1 fully saturated rings. The Morgan fingerprint density at radius 2 is 2.11 bits per heavy atom. The zero-order valence-electron chi connectivity index (χ0n) is 11.3. The van der Waals surface area contributed by atoms with E-state index in [0.717, 1.165) is 24.6 Å². The molecule has 1 aliphatic rings. The molecule has 0 radical (unpaired) electrons. The highest BCUT2D eigenvalue weighted by Gasteiger charge is 2.16. The molecule has 3 nitrogen and oxygen atoms in total. The van der Waals surface area contributed by atoms with E-state index >= 15 is 0 Å². The first-order valence-corrected chi connectivity index (χ1v) is 7.34. The third-order valence-electron chi connectivity index (χ3n) is 3.81. The van der Waals surface area contributed by atoms with Crippen molar-refractivity contribution in [2.45, 2.75) is 32.1 Å². The number of anilines is 1. The van der Waals surface area contributed by atoms with Crippen LogP contribution in [-0.2, 0) is 0 Å². The third-order valence-corrected chi connectivity index (χ3v) is 4.04. The van der Waals surface area contributed by atoms with Gasteiger partial charge in [-0.05, 0) is 30.5 Å². The van der Waals surface area contributed by atoms with Crippen LogP contribution in [0.15, 0.2) is 18.2 Å². The molecule has 0 aliphatic heterocycles. The first-order valence-electron chi connectivity index (χ1n) is 6.96. The van der Waals surface area contributed by atoms with Gasteiger partial charge in [-0.15, -0.1) is 0 Å². The van der Waals surface area contributed by atoms with E-state index in [1.165, 1.54) is 25.7 Å². The summed E-state index contributed by atoms with van der Waals surface area (Å²) in [5, 5.41) is 6.59. The molecule has 1 saturated carbocycles. The van der Waals surface area contributed by atoms with Gasteiger partial charge >= 0.3 is 0 Å². The number of carbonyl (C=O) groups excluding carboxylic acids is 1. The Morgan fingerprint density at radius 1 is 1.37 bits per heavy atom. The lowest BCUT2D eigenvalue weighted by Gasteiger charge is -2.12. The topological polar surface area (TPSA) is 41.1 Å². The van der Waals surface area contributed by atoms with E-state index in [1.54, 1.807) is 19.2 Å². The summed E-state index contributed by atoms with van der Waals surface area (Å²) in [6, 6.07) is 5.31. The fourth-order valence-corrected chi connectivity index (χ4v) is 2.88. The van der Waals surface area contributed by atoms with Crippen LogP contribution in [0.25, 0.3) is 0 Å². The lowest BCUT2D eigenvalue weighted by molar-refractivity contribution is 0.0952. The first-order chi connectivity index (χ1) is 9.20. The van der Waals surface area contributed by atoms with Crippen LogP contribution in [0.1, 0.15) is 42.5 Å². The average Bonchev–Trinajstić information content (AvgIpc) is 2.91. The minimum Gasteiger partial charge on any atom is -0.387 e. The summed E-state index contributed by atoms with van der Waals surface area (Å²) in [6.07, 6.45) is 6.40. The van der Waals surface area contributed by atoms with Gasteiger partial charge in [0.15, 0.2) is 0 Å². The predicted molar refractivity (Wildman–Crippen MR) is 79.9 cm³/mol. The van der Waals surface area contributed by atoms with Gasteiger partial charge in [-0.25, -0.2) is 0 Å². The molecule has 1 aliphatic carbocycles. The van der Waals surface area contributed by atoms with Crippen molar-refractivity contribution in [3.05, 3.63) is 28.8 Å². The molecule has 1 amide bonds. The number of carbonyl (C=O) groups is 1. The van der Waals surface area contributed by atoms with E-state index in [1.807, 2.05) is 6.07 Å². The van der Waals surface area contributed by atoms with E-state index in [-0.39, 0.29) is 5.91 Å². The quantitative estimate of drug-likeness (QED) is 0.864. The Bertz CT molecular complexity index is 442. The summed E-state index contributed by atoms with van der Waals surface area (Å²) >= 11 is 5.95. The van der Waals surface area contributed by atoms with E-state index in [9.17, 15) is 4.79 Å². The monoisotopic (exact) mass is 280 g/mol. The second kappa shape index (κ2) is 6.80. The van der Waals surface area contributed by atoms with Crippen LogP contribution in [0.3, 0.4) is 0 Å². The van der Waals surface area contributed by atoms with Crippen molar-refractivity contribution >= 4 is 23.2 Å². The summed E-state index contributed by atoms with van der Waals surface area (Å²) < 4.78 is 0. The number of amides is 1. The molecule has 0 unspecified atom stereocenters. The number of benzene rings is 1. The average molecular weight is 281 g/mol. The molecule has 0 aromatic heterocycles. The molecule has 0 heterocycles. The Hall–Kier alpha value is -1.22. The minimum absolute atomic E-state index is 0.0511. The summed E-state index contributed by atoms with van der Waals surface area (Å²) in [5.74, 6) is 0.744. The van der Waals surface area contributed by atoms with Gasteiger partial charge in [-0.2, -0.15) is 0 Å². The minimum atomic E-state index is -0.0511. The maximum absolute atomic E-state index is 12.1. The Kier molecular flexibility index (Phi) is 5.08. The van der Waals surface area contributed by atoms with Crippen molar-refractivity contribution < 1.29 is 4.79 Å². The highest BCUT2D eigenvalue weighted by Crippen LogP contribution is 2.27. The van der Waals surface area contributed by atoms with Crippen LogP contribution in [0.4, 0.5) is 5.69 Å². The van der Waals surface area contributed by atoms with Crippen LogP contribution in [-0.4, -0.2) is 19.5 Å². The fourth-order valence-electron chi connectivity index (χ4n) is 2.71. The zero-order chi connectivity index (χ0) is 13.7. The third kappa shape index (κ3) is 3.87. The number of hydrogen-bond acceptors (Lipinski definition) is 2. The van der Waals surface area contributed by atoms with Crippen LogP contribution >= 0.6 is 11.6 Å². The summed E-state index contributed by atoms with van der Waals surface area (Å²) in [5.41, 5.74) is 1.42. The molecule has 0 atom stereocenters. The molecule has 2 N–H and O–H groups in total. The molecule has 4 heteroatoms. The SMILES string of the molecule is CNc1ccc(Cl)cc1C(=O)NCCC1CCCC1. The molecule has 1 aromatic rings.